The van der Waals surface area contributed by atoms with E-state index in [1.54, 1.807) is 7.11 Å². The minimum Gasteiger partial charge on any atom is -0.497 e. The van der Waals surface area contributed by atoms with Crippen LogP contribution in [0, 0.1) is 0 Å². The second kappa shape index (κ2) is 5.75. The highest BCUT2D eigenvalue weighted by Crippen LogP contribution is 2.41. The van der Waals surface area contributed by atoms with Crippen LogP contribution in [0.1, 0.15) is 22.9 Å². The minimum atomic E-state index is -0.0187. The summed E-state index contributed by atoms with van der Waals surface area (Å²) in [7, 11) is 1.67. The van der Waals surface area contributed by atoms with Crippen LogP contribution in [0.15, 0.2) is 42.5 Å². The third-order valence-corrected chi connectivity index (χ3v) is 5.15. The zero-order chi connectivity index (χ0) is 16.0. The van der Waals surface area contributed by atoms with E-state index in [0.717, 1.165) is 45.9 Å². The normalized spacial score (nSPS) is 18.1. The van der Waals surface area contributed by atoms with Gasteiger partial charge in [-0.15, -0.1) is 0 Å². The van der Waals surface area contributed by atoms with Gasteiger partial charge >= 0.3 is 0 Å². The number of halogens is 2. The molecule has 1 aliphatic rings. The lowest BCUT2D eigenvalue weighted by molar-refractivity contribution is 0.364. The van der Waals surface area contributed by atoms with Gasteiger partial charge in [-0.2, -0.15) is 0 Å². The first-order valence-electron chi connectivity index (χ1n) is 7.54. The van der Waals surface area contributed by atoms with Crippen molar-refractivity contribution >= 4 is 34.3 Å². The van der Waals surface area contributed by atoms with Gasteiger partial charge in [-0.3, -0.25) is 0 Å². The van der Waals surface area contributed by atoms with E-state index in [-0.39, 0.29) is 6.04 Å². The Balaban J connectivity index is 1.88. The molecule has 3 aromatic rings. The average molecular weight is 347 g/mol. The van der Waals surface area contributed by atoms with Crippen LogP contribution in [-0.2, 0) is 6.42 Å². The fourth-order valence-electron chi connectivity index (χ4n) is 3.39. The van der Waals surface area contributed by atoms with Crippen LogP contribution in [0.4, 0.5) is 0 Å². The molecule has 1 N–H and O–H groups in total. The van der Waals surface area contributed by atoms with E-state index in [2.05, 4.69) is 23.2 Å². The molecular weight excluding hydrogens is 331 g/mol. The number of aromatic amines is 1. The van der Waals surface area contributed by atoms with E-state index in [9.17, 15) is 0 Å². The molecule has 0 spiro atoms. The molecule has 1 aromatic heterocycles. The predicted molar refractivity (Wildman–Crippen MR) is 94.4 cm³/mol. The standard InChI is InChI=1S/C18H16Cl2N2O/c1-23-12-7-5-11(6-8-12)18-17-13(9-10-22(18)20)16-14(19)3-2-4-15(16)21-17/h2-8,18,21H,9-10H2,1H3. The molecule has 0 fully saturated rings. The maximum Gasteiger partial charge on any atom is 0.118 e. The molecule has 0 bridgehead atoms. The van der Waals surface area contributed by atoms with Crippen molar-refractivity contribution in [2.75, 3.05) is 13.7 Å². The first-order chi connectivity index (χ1) is 11.2. The highest BCUT2D eigenvalue weighted by atomic mass is 35.5. The monoisotopic (exact) mass is 346 g/mol. The number of fused-ring (bicyclic) bond motifs is 3. The zero-order valence-corrected chi connectivity index (χ0v) is 14.2. The van der Waals surface area contributed by atoms with Gasteiger partial charge in [0.05, 0.1) is 18.2 Å². The van der Waals surface area contributed by atoms with Gasteiger partial charge < -0.3 is 9.72 Å². The Morgan fingerprint density at radius 3 is 2.70 bits per heavy atom. The smallest absolute Gasteiger partial charge is 0.118 e. The maximum atomic E-state index is 6.54. The quantitative estimate of drug-likeness (QED) is 0.666. The van der Waals surface area contributed by atoms with Crippen LogP contribution in [0.3, 0.4) is 0 Å². The molecule has 118 valence electrons. The average Bonchev–Trinajstić information content (AvgIpc) is 2.94. The van der Waals surface area contributed by atoms with Crippen LogP contribution in [0.25, 0.3) is 10.9 Å². The summed E-state index contributed by atoms with van der Waals surface area (Å²) in [5.74, 6) is 0.839. The van der Waals surface area contributed by atoms with Crippen molar-refractivity contribution in [1.82, 2.24) is 9.40 Å². The lowest BCUT2D eigenvalue weighted by Gasteiger charge is -2.30. The van der Waals surface area contributed by atoms with Gasteiger partial charge in [0, 0.05) is 23.1 Å². The number of hydrogen-bond acceptors (Lipinski definition) is 2. The third-order valence-electron chi connectivity index (χ3n) is 4.47. The molecule has 1 aliphatic heterocycles. The number of ether oxygens (including phenoxy) is 1. The Morgan fingerprint density at radius 2 is 1.96 bits per heavy atom. The molecule has 0 amide bonds. The minimum absolute atomic E-state index is 0.0187. The fourth-order valence-corrected chi connectivity index (χ4v) is 3.97. The lowest BCUT2D eigenvalue weighted by atomic mass is 9.94. The Hall–Kier alpha value is -1.68. The molecule has 0 saturated carbocycles. The molecule has 1 atom stereocenters. The Morgan fingerprint density at radius 1 is 1.17 bits per heavy atom. The van der Waals surface area contributed by atoms with E-state index in [1.807, 2.05) is 28.7 Å². The number of H-pyrrole nitrogens is 1. The van der Waals surface area contributed by atoms with Crippen molar-refractivity contribution < 1.29 is 4.74 Å². The number of nitrogens with one attached hydrogen (secondary N) is 1. The maximum absolute atomic E-state index is 6.54. The third kappa shape index (κ3) is 2.40. The number of benzene rings is 2. The van der Waals surface area contributed by atoms with Crippen molar-refractivity contribution in [3.05, 3.63) is 64.3 Å². The number of aromatic nitrogens is 1. The highest BCUT2D eigenvalue weighted by molar-refractivity contribution is 6.35. The summed E-state index contributed by atoms with van der Waals surface area (Å²) in [6, 6.07) is 14.0. The van der Waals surface area contributed by atoms with E-state index in [0.29, 0.717) is 0 Å². The summed E-state index contributed by atoms with van der Waals surface area (Å²) >= 11 is 13.0. The van der Waals surface area contributed by atoms with E-state index >= 15 is 0 Å². The molecule has 23 heavy (non-hydrogen) atoms. The summed E-state index contributed by atoms with van der Waals surface area (Å²) in [5.41, 5.74) is 4.58. The van der Waals surface area contributed by atoms with Gasteiger partial charge in [0.15, 0.2) is 0 Å². The molecule has 0 radical (unpaired) electrons. The molecule has 2 aromatic carbocycles. The topological polar surface area (TPSA) is 28.3 Å². The predicted octanol–water partition coefficient (Wildman–Crippen LogP) is 4.93. The number of methoxy groups -OCH3 is 1. The lowest BCUT2D eigenvalue weighted by Crippen LogP contribution is -2.28. The van der Waals surface area contributed by atoms with Crippen LogP contribution >= 0.6 is 23.4 Å². The SMILES string of the molecule is COc1ccc(C2c3[nH]c4cccc(Cl)c4c3CCN2Cl)cc1. The van der Waals surface area contributed by atoms with Crippen LogP contribution in [-0.4, -0.2) is 23.1 Å². The molecule has 1 unspecified atom stereocenters. The van der Waals surface area contributed by atoms with E-state index < -0.39 is 0 Å². The molecule has 5 heteroatoms. The fraction of sp³-hybridized carbons (Fsp3) is 0.222. The molecule has 2 heterocycles. The van der Waals surface area contributed by atoms with Gasteiger partial charge in [0.1, 0.15) is 5.75 Å². The van der Waals surface area contributed by atoms with Crippen molar-refractivity contribution in [2.45, 2.75) is 12.5 Å². The van der Waals surface area contributed by atoms with Crippen LogP contribution < -0.4 is 4.74 Å². The van der Waals surface area contributed by atoms with Crippen LogP contribution in [0.2, 0.25) is 5.02 Å². The van der Waals surface area contributed by atoms with Crippen molar-refractivity contribution in [1.29, 1.82) is 0 Å². The highest BCUT2D eigenvalue weighted by Gasteiger charge is 2.31. The van der Waals surface area contributed by atoms with Gasteiger partial charge in [0.25, 0.3) is 0 Å². The van der Waals surface area contributed by atoms with Gasteiger partial charge in [-0.1, -0.05) is 29.8 Å². The van der Waals surface area contributed by atoms with Gasteiger partial charge in [0.2, 0.25) is 0 Å². The van der Waals surface area contributed by atoms with E-state index in [1.165, 1.54) is 5.56 Å². The largest absolute Gasteiger partial charge is 0.497 e. The van der Waals surface area contributed by atoms with Gasteiger partial charge in [-0.05, 0) is 53.6 Å². The zero-order valence-electron chi connectivity index (χ0n) is 12.6. The summed E-state index contributed by atoms with van der Waals surface area (Å²) in [6.45, 7) is 0.781. The summed E-state index contributed by atoms with van der Waals surface area (Å²) in [4.78, 5) is 3.52. The van der Waals surface area contributed by atoms with Crippen molar-refractivity contribution in [3.63, 3.8) is 0 Å². The summed E-state index contributed by atoms with van der Waals surface area (Å²) < 4.78 is 7.10. The second-order valence-electron chi connectivity index (χ2n) is 5.73. The molecule has 3 nitrogen and oxygen atoms in total. The van der Waals surface area contributed by atoms with E-state index in [4.69, 9.17) is 28.1 Å². The Kier molecular flexibility index (Phi) is 3.72. The number of nitrogens with zero attached hydrogens (tertiary/aromatic N) is 1. The molecule has 4 rings (SSSR count). The first kappa shape index (κ1) is 14.9. The Bertz CT molecular complexity index is 857. The number of hydrogen-bond donors (Lipinski definition) is 1. The number of rotatable bonds is 2. The second-order valence-corrected chi connectivity index (χ2v) is 6.57. The first-order valence-corrected chi connectivity index (χ1v) is 8.26. The van der Waals surface area contributed by atoms with Crippen LogP contribution in [0.5, 0.6) is 5.75 Å². The molecular formula is C18H16Cl2N2O. The summed E-state index contributed by atoms with van der Waals surface area (Å²) in [6.07, 6.45) is 0.884. The Labute approximate surface area is 144 Å². The van der Waals surface area contributed by atoms with Gasteiger partial charge in [-0.25, -0.2) is 4.42 Å². The molecule has 0 aliphatic carbocycles. The van der Waals surface area contributed by atoms with Crippen molar-refractivity contribution in [2.24, 2.45) is 0 Å². The summed E-state index contributed by atoms with van der Waals surface area (Å²) in [5, 5.41) is 1.91. The van der Waals surface area contributed by atoms with Crippen molar-refractivity contribution in [3.8, 4) is 5.75 Å². The molecule has 0 saturated heterocycles.